The molecule has 0 aliphatic heterocycles. The van der Waals surface area contributed by atoms with Gasteiger partial charge in [0.25, 0.3) is 0 Å². The molecule has 2 N–H and O–H groups in total. The summed E-state index contributed by atoms with van der Waals surface area (Å²) in [6.07, 6.45) is -3.54. The second-order valence-corrected chi connectivity index (χ2v) is 3.64. The minimum Gasteiger partial charge on any atom is -0.324 e. The fourth-order valence-electron chi connectivity index (χ4n) is 1.76. The molecule has 0 saturated carbocycles. The van der Waals surface area contributed by atoms with E-state index in [2.05, 4.69) is 0 Å². The van der Waals surface area contributed by atoms with E-state index in [0.717, 1.165) is 0 Å². The first-order valence-corrected chi connectivity index (χ1v) is 4.33. The van der Waals surface area contributed by atoms with Gasteiger partial charge in [0.1, 0.15) is 0 Å². The van der Waals surface area contributed by atoms with Gasteiger partial charge in [0.05, 0.1) is 5.92 Å². The third-order valence-corrected chi connectivity index (χ3v) is 2.86. The fraction of sp³-hybridized carbons (Fsp3) is 0.778. The topological polar surface area (TPSA) is 26.0 Å². The van der Waals surface area contributed by atoms with Gasteiger partial charge in [0.2, 0.25) is 0 Å². The van der Waals surface area contributed by atoms with Gasteiger partial charge in [-0.2, -0.15) is 13.2 Å². The van der Waals surface area contributed by atoms with Crippen LogP contribution in [0.4, 0.5) is 13.2 Å². The van der Waals surface area contributed by atoms with Crippen LogP contribution in [-0.4, -0.2) is 12.2 Å². The Hall–Kier alpha value is -0.510. The van der Waals surface area contributed by atoms with E-state index in [-0.39, 0.29) is 12.5 Å². The third-order valence-electron chi connectivity index (χ3n) is 2.86. The number of hydrogen-bond donors (Lipinski definition) is 1. The summed E-state index contributed by atoms with van der Waals surface area (Å²) in [6.45, 7) is 3.23. The highest BCUT2D eigenvalue weighted by atomic mass is 19.4. The maximum absolute atomic E-state index is 12.4. The molecule has 0 heterocycles. The van der Waals surface area contributed by atoms with Gasteiger partial charge in [-0.25, -0.2) is 0 Å². The number of halogens is 3. The first kappa shape index (κ1) is 10.6. The van der Waals surface area contributed by atoms with Crippen molar-refractivity contribution in [2.24, 2.45) is 11.7 Å². The van der Waals surface area contributed by atoms with Crippen molar-refractivity contribution in [1.82, 2.24) is 0 Å². The molecule has 76 valence electrons. The Morgan fingerprint density at radius 3 is 2.15 bits per heavy atom. The molecule has 0 aromatic heterocycles. The van der Waals surface area contributed by atoms with Crippen molar-refractivity contribution in [3.8, 4) is 0 Å². The predicted molar refractivity (Wildman–Crippen MR) is 45.1 cm³/mol. The van der Waals surface area contributed by atoms with Crippen LogP contribution in [0.15, 0.2) is 11.1 Å². The van der Waals surface area contributed by atoms with Crippen LogP contribution >= 0.6 is 0 Å². The van der Waals surface area contributed by atoms with Crippen LogP contribution in [0, 0.1) is 5.92 Å². The fourth-order valence-corrected chi connectivity index (χ4v) is 1.76. The Balaban J connectivity index is 2.93. The maximum atomic E-state index is 12.4. The molecular formula is C9H14F3N. The molecule has 4 heteroatoms. The lowest BCUT2D eigenvalue weighted by Crippen LogP contribution is -2.34. The lowest BCUT2D eigenvalue weighted by molar-refractivity contribution is -0.167. The molecule has 0 fully saturated rings. The number of hydrogen-bond acceptors (Lipinski definition) is 1. The molecule has 13 heavy (non-hydrogen) atoms. The molecule has 1 aliphatic carbocycles. The quantitative estimate of drug-likeness (QED) is 0.588. The van der Waals surface area contributed by atoms with E-state index in [9.17, 15) is 13.2 Å². The van der Waals surface area contributed by atoms with Gasteiger partial charge in [-0.05, 0) is 26.7 Å². The predicted octanol–water partition coefficient (Wildman–Crippen LogP) is 2.62. The zero-order chi connectivity index (χ0) is 10.2. The minimum atomic E-state index is -4.11. The highest BCUT2D eigenvalue weighted by molar-refractivity contribution is 5.22. The van der Waals surface area contributed by atoms with Gasteiger partial charge in [-0.15, -0.1) is 0 Å². The Morgan fingerprint density at radius 1 is 1.15 bits per heavy atom. The average Bonchev–Trinajstić information content (AvgIpc) is 1.98. The molecule has 1 nitrogen and oxygen atoms in total. The molecule has 0 amide bonds. The summed E-state index contributed by atoms with van der Waals surface area (Å²) < 4.78 is 37.3. The molecular weight excluding hydrogens is 179 g/mol. The Morgan fingerprint density at radius 2 is 1.69 bits per heavy atom. The minimum absolute atomic E-state index is 0.133. The van der Waals surface area contributed by atoms with Crippen molar-refractivity contribution in [2.45, 2.75) is 38.9 Å². The second-order valence-electron chi connectivity index (χ2n) is 3.64. The summed E-state index contributed by atoms with van der Waals surface area (Å²) in [5.41, 5.74) is 6.76. The van der Waals surface area contributed by atoms with Crippen molar-refractivity contribution in [3.05, 3.63) is 11.1 Å². The zero-order valence-electron chi connectivity index (χ0n) is 7.78. The van der Waals surface area contributed by atoms with Gasteiger partial charge in [-0.1, -0.05) is 11.1 Å². The molecule has 0 aromatic rings. The summed E-state index contributed by atoms with van der Waals surface area (Å²) >= 11 is 0. The summed E-state index contributed by atoms with van der Waals surface area (Å²) in [5, 5.41) is 0. The van der Waals surface area contributed by atoms with Gasteiger partial charge in [-0.3, -0.25) is 0 Å². The zero-order valence-corrected chi connectivity index (χ0v) is 7.78. The monoisotopic (exact) mass is 193 g/mol. The average molecular weight is 193 g/mol. The van der Waals surface area contributed by atoms with Crippen molar-refractivity contribution >= 4 is 0 Å². The molecule has 0 spiro atoms. The molecule has 2 atom stereocenters. The highest BCUT2D eigenvalue weighted by Gasteiger charge is 2.42. The van der Waals surface area contributed by atoms with Crippen molar-refractivity contribution < 1.29 is 13.2 Å². The maximum Gasteiger partial charge on any atom is 0.395 e. The second kappa shape index (κ2) is 3.33. The molecule has 0 aromatic carbocycles. The van der Waals surface area contributed by atoms with E-state index in [1.807, 2.05) is 0 Å². The van der Waals surface area contributed by atoms with E-state index >= 15 is 0 Å². The van der Waals surface area contributed by atoms with Gasteiger partial charge < -0.3 is 5.73 Å². The number of alkyl halides is 3. The van der Waals surface area contributed by atoms with Crippen LogP contribution < -0.4 is 5.73 Å². The van der Waals surface area contributed by atoms with E-state index < -0.39 is 12.1 Å². The molecule has 0 saturated heterocycles. The summed E-state index contributed by atoms with van der Waals surface area (Å²) in [6, 6.07) is -0.182. The van der Waals surface area contributed by atoms with Crippen LogP contribution in [0.5, 0.6) is 0 Å². The van der Waals surface area contributed by atoms with E-state index in [1.54, 1.807) is 6.92 Å². The van der Waals surface area contributed by atoms with Crippen LogP contribution in [0.25, 0.3) is 0 Å². The first-order valence-electron chi connectivity index (χ1n) is 4.33. The Bertz CT molecular complexity index is 230. The van der Waals surface area contributed by atoms with Crippen LogP contribution in [0.1, 0.15) is 26.7 Å². The molecule has 1 aliphatic rings. The van der Waals surface area contributed by atoms with E-state index in [4.69, 9.17) is 5.73 Å². The molecule has 0 radical (unpaired) electrons. The van der Waals surface area contributed by atoms with Crippen molar-refractivity contribution in [3.63, 3.8) is 0 Å². The SMILES string of the molecule is CC1=C(C)[C@H](N)CCC1C(F)(F)F. The largest absolute Gasteiger partial charge is 0.395 e. The van der Waals surface area contributed by atoms with Gasteiger partial charge in [0, 0.05) is 6.04 Å². The smallest absolute Gasteiger partial charge is 0.324 e. The van der Waals surface area contributed by atoms with E-state index in [1.165, 1.54) is 6.92 Å². The number of nitrogens with two attached hydrogens (primary N) is 1. The Kier molecular flexibility index (Phi) is 2.71. The number of rotatable bonds is 0. The molecule has 0 bridgehead atoms. The summed E-state index contributed by atoms with van der Waals surface area (Å²) in [5.74, 6) is -1.27. The summed E-state index contributed by atoms with van der Waals surface area (Å²) in [4.78, 5) is 0. The Labute approximate surface area is 75.8 Å². The van der Waals surface area contributed by atoms with Crippen LogP contribution in [-0.2, 0) is 0 Å². The van der Waals surface area contributed by atoms with Gasteiger partial charge >= 0.3 is 6.18 Å². The molecule has 1 unspecified atom stereocenters. The normalized spacial score (nSPS) is 30.9. The molecule has 1 rings (SSSR count). The van der Waals surface area contributed by atoms with Crippen molar-refractivity contribution in [2.75, 3.05) is 0 Å². The van der Waals surface area contributed by atoms with Crippen LogP contribution in [0.3, 0.4) is 0 Å². The standard InChI is InChI=1S/C9H14F3N/c1-5-6(2)8(13)4-3-7(5)9(10,11)12/h7-8H,3-4,13H2,1-2H3/t7?,8-/m1/s1. The van der Waals surface area contributed by atoms with Crippen molar-refractivity contribution in [1.29, 1.82) is 0 Å². The number of allylic oxidation sites excluding steroid dienone is 1. The van der Waals surface area contributed by atoms with Gasteiger partial charge in [0.15, 0.2) is 0 Å². The van der Waals surface area contributed by atoms with E-state index in [0.29, 0.717) is 17.6 Å². The lowest BCUT2D eigenvalue weighted by Gasteiger charge is -2.30. The summed E-state index contributed by atoms with van der Waals surface area (Å²) in [7, 11) is 0. The first-order chi connectivity index (χ1) is 5.84. The third kappa shape index (κ3) is 2.05. The lowest BCUT2D eigenvalue weighted by atomic mass is 9.81. The highest BCUT2D eigenvalue weighted by Crippen LogP contribution is 2.40. The van der Waals surface area contributed by atoms with Crippen LogP contribution in [0.2, 0.25) is 0 Å².